The molecule has 0 heterocycles. The van der Waals surface area contributed by atoms with E-state index in [0.717, 1.165) is 37.7 Å². The van der Waals surface area contributed by atoms with Crippen LogP contribution in [0.1, 0.15) is 11.1 Å². The molecule has 2 aromatic carbocycles. The summed E-state index contributed by atoms with van der Waals surface area (Å²) in [6.45, 7) is 0.204. The standard InChI is InChI=1S/C24H28N2O11S4/c1-33-23(27)21(25-36-40(29,30)17-19-9-5-3-6-10-19)38-15-13-35-14-16-39-22(24(28)34-2)26-37-41(31,32)18-20-11-7-4-8-12-20/h3-12H,13-18H2,1-2H3/b25-21-,26-22-. The van der Waals surface area contributed by atoms with Gasteiger partial charge in [0.15, 0.2) is 0 Å². The van der Waals surface area contributed by atoms with Gasteiger partial charge in [0.1, 0.15) is 11.5 Å². The molecule has 224 valence electrons. The van der Waals surface area contributed by atoms with Crippen molar-refractivity contribution in [3.63, 3.8) is 0 Å². The van der Waals surface area contributed by atoms with Crippen LogP contribution >= 0.6 is 23.5 Å². The molecule has 0 saturated carbocycles. The molecule has 0 amide bonds. The number of carbonyl (C=O) groups excluding carboxylic acids is 2. The van der Waals surface area contributed by atoms with Crippen LogP contribution in [0.15, 0.2) is 71.0 Å². The summed E-state index contributed by atoms with van der Waals surface area (Å²) in [4.78, 5) is 23.9. The maximum absolute atomic E-state index is 12.2. The van der Waals surface area contributed by atoms with Crippen molar-refractivity contribution < 1.29 is 49.2 Å². The Kier molecular flexibility index (Phi) is 14.7. The van der Waals surface area contributed by atoms with Gasteiger partial charge in [-0.15, -0.1) is 0 Å². The van der Waals surface area contributed by atoms with Crippen molar-refractivity contribution in [3.05, 3.63) is 71.8 Å². The van der Waals surface area contributed by atoms with Crippen LogP contribution in [0.4, 0.5) is 0 Å². The zero-order valence-electron chi connectivity index (χ0n) is 22.0. The van der Waals surface area contributed by atoms with Gasteiger partial charge in [0, 0.05) is 11.5 Å². The molecule has 13 nitrogen and oxygen atoms in total. The number of hydrogen-bond donors (Lipinski definition) is 0. The Hall–Kier alpha value is -3.12. The van der Waals surface area contributed by atoms with E-state index in [-0.39, 0.29) is 34.8 Å². The van der Waals surface area contributed by atoms with Crippen molar-refractivity contribution in [2.75, 3.05) is 38.9 Å². The second-order valence-corrected chi connectivity index (χ2v) is 12.9. The summed E-state index contributed by atoms with van der Waals surface area (Å²) in [6.07, 6.45) is 0. The van der Waals surface area contributed by atoms with Gasteiger partial charge >= 0.3 is 32.2 Å². The summed E-state index contributed by atoms with van der Waals surface area (Å²) >= 11 is 1.71. The highest BCUT2D eigenvalue weighted by Crippen LogP contribution is 2.13. The summed E-state index contributed by atoms with van der Waals surface area (Å²) in [5.74, 6) is -2.28. The van der Waals surface area contributed by atoms with Crippen molar-refractivity contribution in [3.8, 4) is 0 Å². The Morgan fingerprint density at radius 1 is 0.659 bits per heavy atom. The first-order valence-electron chi connectivity index (χ1n) is 11.6. The van der Waals surface area contributed by atoms with Crippen LogP contribution in [-0.4, -0.2) is 77.8 Å². The molecule has 0 atom stereocenters. The van der Waals surface area contributed by atoms with E-state index >= 15 is 0 Å². The minimum Gasteiger partial charge on any atom is -0.464 e. The van der Waals surface area contributed by atoms with Crippen LogP contribution in [0, 0.1) is 0 Å². The molecule has 0 unspecified atom stereocenters. The lowest BCUT2D eigenvalue weighted by Crippen LogP contribution is -2.17. The first kappa shape index (κ1) is 34.1. The van der Waals surface area contributed by atoms with Crippen LogP contribution in [0.3, 0.4) is 0 Å². The van der Waals surface area contributed by atoms with Gasteiger partial charge in [0.05, 0.1) is 27.4 Å². The fraction of sp³-hybridized carbons (Fsp3) is 0.333. The second kappa shape index (κ2) is 17.6. The number of hydrogen-bond acceptors (Lipinski definition) is 15. The van der Waals surface area contributed by atoms with Gasteiger partial charge in [-0.1, -0.05) is 94.5 Å². The molecule has 0 radical (unpaired) electrons. The predicted octanol–water partition coefficient (Wildman–Crippen LogP) is 2.54. The Labute approximate surface area is 246 Å². The lowest BCUT2D eigenvalue weighted by atomic mass is 10.2. The van der Waals surface area contributed by atoms with Crippen LogP contribution < -0.4 is 0 Å². The molecule has 0 aromatic heterocycles. The lowest BCUT2D eigenvalue weighted by molar-refractivity contribution is -0.133. The van der Waals surface area contributed by atoms with Crippen molar-refractivity contribution in [2.24, 2.45) is 10.3 Å². The first-order chi connectivity index (χ1) is 19.5. The fourth-order valence-electron chi connectivity index (χ4n) is 2.71. The summed E-state index contributed by atoms with van der Waals surface area (Å²) in [6, 6.07) is 16.6. The molecule has 0 N–H and O–H groups in total. The first-order valence-corrected chi connectivity index (χ1v) is 16.7. The van der Waals surface area contributed by atoms with E-state index in [9.17, 15) is 26.4 Å². The normalized spacial score (nSPS) is 12.4. The molecule has 0 aliphatic heterocycles. The Balaban J connectivity index is 1.80. The van der Waals surface area contributed by atoms with Crippen LogP contribution in [0.25, 0.3) is 0 Å². The number of carbonyl (C=O) groups is 2. The Bertz CT molecular complexity index is 1290. The van der Waals surface area contributed by atoms with Crippen molar-refractivity contribution in [2.45, 2.75) is 11.5 Å². The minimum atomic E-state index is -4.10. The summed E-state index contributed by atoms with van der Waals surface area (Å²) in [5.41, 5.74) is 0.976. The number of oxime groups is 2. The highest BCUT2D eigenvalue weighted by atomic mass is 32.2. The highest BCUT2D eigenvalue weighted by Gasteiger charge is 2.20. The topological polar surface area (TPSA) is 173 Å². The number of esters is 2. The maximum Gasteiger partial charge on any atom is 0.366 e. The SMILES string of the molecule is COC(=O)/C(=N/OS(=O)(=O)Cc1ccccc1)SCCOCCS/C(=N\OS(=O)(=O)Cc1ccccc1)C(=O)OC. The zero-order chi connectivity index (χ0) is 30.1. The average Bonchev–Trinajstić information content (AvgIpc) is 2.95. The van der Waals surface area contributed by atoms with Crippen LogP contribution in [0.5, 0.6) is 0 Å². The van der Waals surface area contributed by atoms with Crippen molar-refractivity contribution in [1.29, 1.82) is 0 Å². The number of methoxy groups -OCH3 is 2. The van der Waals surface area contributed by atoms with E-state index < -0.39 is 43.7 Å². The van der Waals surface area contributed by atoms with Gasteiger partial charge in [0.2, 0.25) is 10.1 Å². The number of ether oxygens (including phenoxy) is 3. The molecule has 0 saturated heterocycles. The minimum absolute atomic E-state index is 0.102. The summed E-state index contributed by atoms with van der Waals surface area (Å²) < 4.78 is 72.6. The molecule has 17 heteroatoms. The molecule has 0 bridgehead atoms. The molecule has 0 aliphatic rings. The highest BCUT2D eigenvalue weighted by molar-refractivity contribution is 8.16. The number of rotatable bonds is 14. The van der Waals surface area contributed by atoms with E-state index in [0.29, 0.717) is 11.1 Å². The molecule has 2 aromatic rings. The second-order valence-electron chi connectivity index (χ2n) is 7.61. The molecular formula is C24H28N2O11S4. The monoisotopic (exact) mass is 648 g/mol. The molecule has 2 rings (SSSR count). The quantitative estimate of drug-likeness (QED) is 0.0962. The largest absolute Gasteiger partial charge is 0.464 e. The summed E-state index contributed by atoms with van der Waals surface area (Å²) in [7, 11) is -5.98. The Morgan fingerprint density at radius 2 is 1.02 bits per heavy atom. The number of thioether (sulfide) groups is 2. The number of nitrogens with zero attached hydrogens (tertiary/aromatic N) is 2. The third-order valence-electron chi connectivity index (χ3n) is 4.49. The van der Waals surface area contributed by atoms with Gasteiger partial charge in [-0.05, 0) is 11.1 Å². The average molecular weight is 649 g/mol. The van der Waals surface area contributed by atoms with Gasteiger partial charge < -0.3 is 14.2 Å². The van der Waals surface area contributed by atoms with Crippen molar-refractivity contribution >= 4 is 65.8 Å². The van der Waals surface area contributed by atoms with E-state index in [1.165, 1.54) is 0 Å². The smallest absolute Gasteiger partial charge is 0.366 e. The third-order valence-corrected chi connectivity index (χ3v) is 8.24. The molecule has 41 heavy (non-hydrogen) atoms. The van der Waals surface area contributed by atoms with E-state index in [4.69, 9.17) is 4.74 Å². The van der Waals surface area contributed by atoms with Gasteiger partial charge in [-0.2, -0.15) is 16.8 Å². The third kappa shape index (κ3) is 13.9. The zero-order valence-corrected chi connectivity index (χ0v) is 25.3. The van der Waals surface area contributed by atoms with Crippen LogP contribution in [-0.2, 0) is 64.1 Å². The van der Waals surface area contributed by atoms with E-state index in [1.807, 2.05) is 0 Å². The molecule has 0 aliphatic carbocycles. The number of benzene rings is 2. The predicted molar refractivity (Wildman–Crippen MR) is 155 cm³/mol. The fourth-order valence-corrected chi connectivity index (χ4v) is 5.86. The van der Waals surface area contributed by atoms with Crippen molar-refractivity contribution in [1.82, 2.24) is 0 Å². The van der Waals surface area contributed by atoms with Gasteiger partial charge in [-0.25, -0.2) is 9.59 Å². The van der Waals surface area contributed by atoms with Gasteiger partial charge in [0.25, 0.3) is 0 Å². The molecule has 0 spiro atoms. The Morgan fingerprint density at radius 3 is 1.37 bits per heavy atom. The summed E-state index contributed by atoms with van der Waals surface area (Å²) in [5, 5.41) is 6.24. The van der Waals surface area contributed by atoms with E-state index in [2.05, 4.69) is 28.4 Å². The van der Waals surface area contributed by atoms with E-state index in [1.54, 1.807) is 60.7 Å². The molecule has 0 fully saturated rings. The molecular weight excluding hydrogens is 621 g/mol. The lowest BCUT2D eigenvalue weighted by Gasteiger charge is -2.07. The maximum atomic E-state index is 12.2. The van der Waals surface area contributed by atoms with Crippen LogP contribution in [0.2, 0.25) is 0 Å². The van der Waals surface area contributed by atoms with Gasteiger partial charge in [-0.3, -0.25) is 8.57 Å².